The topological polar surface area (TPSA) is 37.9 Å². The molecule has 3 rings (SSSR count). The van der Waals surface area contributed by atoms with Crippen molar-refractivity contribution in [3.8, 4) is 17.0 Å². The number of hydrogen-bond donors (Lipinski definition) is 1. The summed E-state index contributed by atoms with van der Waals surface area (Å²) < 4.78 is 5.14. The van der Waals surface area contributed by atoms with Crippen molar-refractivity contribution in [3.05, 3.63) is 47.5 Å². The van der Waals surface area contributed by atoms with Crippen LogP contribution >= 0.6 is 11.6 Å². The number of rotatable bonds is 2. The number of fused-ring (bicyclic) bond motifs is 1. The molecule has 0 atom stereocenters. The quantitative estimate of drug-likeness (QED) is 0.757. The molecule has 0 amide bonds. The van der Waals surface area contributed by atoms with Gasteiger partial charge in [-0.3, -0.25) is 5.10 Å². The molecule has 0 saturated carbocycles. The van der Waals surface area contributed by atoms with Crippen molar-refractivity contribution >= 4 is 22.5 Å². The molecule has 2 aromatic carbocycles. The van der Waals surface area contributed by atoms with Gasteiger partial charge in [-0.25, -0.2) is 0 Å². The number of aromatic nitrogens is 2. The first-order chi connectivity index (χ1) is 8.79. The summed E-state index contributed by atoms with van der Waals surface area (Å²) in [5, 5.41) is 9.02. The molecule has 1 aromatic heterocycles. The van der Waals surface area contributed by atoms with E-state index in [9.17, 15) is 0 Å². The molecule has 0 aliphatic heterocycles. The Hall–Kier alpha value is -2.00. The number of benzene rings is 2. The molecule has 0 aliphatic carbocycles. The lowest BCUT2D eigenvalue weighted by atomic mass is 10.1. The summed E-state index contributed by atoms with van der Waals surface area (Å²) in [6, 6.07) is 13.7. The van der Waals surface area contributed by atoms with Gasteiger partial charge in [-0.1, -0.05) is 29.8 Å². The fourth-order valence-electron chi connectivity index (χ4n) is 2.00. The fraction of sp³-hybridized carbons (Fsp3) is 0.0714. The third-order valence-corrected chi connectivity index (χ3v) is 3.19. The molecule has 4 heteroatoms. The average Bonchev–Trinajstić information content (AvgIpc) is 2.82. The predicted octanol–water partition coefficient (Wildman–Crippen LogP) is 3.89. The molecule has 0 aliphatic rings. The van der Waals surface area contributed by atoms with E-state index in [0.29, 0.717) is 10.8 Å². The second-order valence-corrected chi connectivity index (χ2v) is 4.37. The van der Waals surface area contributed by atoms with Crippen LogP contribution in [0.5, 0.6) is 5.75 Å². The van der Waals surface area contributed by atoms with E-state index >= 15 is 0 Å². The number of methoxy groups -OCH3 is 1. The number of ether oxygens (including phenoxy) is 1. The highest BCUT2D eigenvalue weighted by Crippen LogP contribution is 2.32. The molecule has 90 valence electrons. The molecule has 0 spiro atoms. The van der Waals surface area contributed by atoms with E-state index in [1.807, 2.05) is 42.5 Å². The monoisotopic (exact) mass is 258 g/mol. The lowest BCUT2D eigenvalue weighted by Crippen LogP contribution is -1.85. The van der Waals surface area contributed by atoms with Gasteiger partial charge in [0.25, 0.3) is 0 Å². The molecule has 3 aromatic rings. The Labute approximate surface area is 109 Å². The van der Waals surface area contributed by atoms with Gasteiger partial charge in [0.1, 0.15) is 5.75 Å². The van der Waals surface area contributed by atoms with Crippen molar-refractivity contribution in [2.45, 2.75) is 0 Å². The van der Waals surface area contributed by atoms with Crippen LogP contribution in [0.1, 0.15) is 0 Å². The lowest BCUT2D eigenvalue weighted by Gasteiger charge is -2.04. The highest BCUT2D eigenvalue weighted by atomic mass is 35.5. The van der Waals surface area contributed by atoms with Crippen molar-refractivity contribution < 1.29 is 4.74 Å². The summed E-state index contributed by atoms with van der Waals surface area (Å²) >= 11 is 6.13. The van der Waals surface area contributed by atoms with E-state index < -0.39 is 0 Å². The maximum Gasteiger partial charge on any atom is 0.137 e. The number of H-pyrrole nitrogens is 1. The van der Waals surface area contributed by atoms with Crippen LogP contribution in [0.3, 0.4) is 0 Å². The Balaban J connectivity index is 2.17. The zero-order valence-electron chi connectivity index (χ0n) is 9.77. The van der Waals surface area contributed by atoms with Gasteiger partial charge >= 0.3 is 0 Å². The average molecular weight is 259 g/mol. The minimum Gasteiger partial charge on any atom is -0.495 e. The van der Waals surface area contributed by atoms with Crippen molar-refractivity contribution in [2.75, 3.05) is 7.11 Å². The van der Waals surface area contributed by atoms with Gasteiger partial charge in [-0.05, 0) is 24.3 Å². The standard InChI is InChI=1S/C14H11ClN2O/c1-18-13-7-6-9(8-11(13)15)14-10-4-2-3-5-12(10)16-17-14/h2-8H,1H3,(H,16,17). The zero-order chi connectivity index (χ0) is 12.5. The molecule has 0 unspecified atom stereocenters. The van der Waals surface area contributed by atoms with Gasteiger partial charge in [0.05, 0.1) is 23.3 Å². The summed E-state index contributed by atoms with van der Waals surface area (Å²) in [6.45, 7) is 0. The summed E-state index contributed by atoms with van der Waals surface area (Å²) in [7, 11) is 1.60. The van der Waals surface area contributed by atoms with Crippen LogP contribution in [0, 0.1) is 0 Å². The second kappa shape index (κ2) is 4.35. The predicted molar refractivity (Wildman–Crippen MR) is 73.1 cm³/mol. The summed E-state index contributed by atoms with van der Waals surface area (Å²) in [6.07, 6.45) is 0. The van der Waals surface area contributed by atoms with Gasteiger partial charge in [-0.2, -0.15) is 5.10 Å². The molecule has 1 N–H and O–H groups in total. The number of nitrogens with zero attached hydrogens (tertiary/aromatic N) is 1. The minimum absolute atomic E-state index is 0.585. The van der Waals surface area contributed by atoms with Crippen LogP contribution < -0.4 is 4.74 Å². The van der Waals surface area contributed by atoms with Crippen molar-refractivity contribution in [3.63, 3.8) is 0 Å². The summed E-state index contributed by atoms with van der Waals surface area (Å²) in [4.78, 5) is 0. The Kier molecular flexibility index (Phi) is 2.68. The van der Waals surface area contributed by atoms with Gasteiger partial charge in [0, 0.05) is 10.9 Å². The Morgan fingerprint density at radius 3 is 2.78 bits per heavy atom. The SMILES string of the molecule is COc1ccc(-c2n[nH]c3ccccc23)cc1Cl. The molecule has 18 heavy (non-hydrogen) atoms. The molecule has 1 heterocycles. The van der Waals surface area contributed by atoms with E-state index in [1.54, 1.807) is 7.11 Å². The number of para-hydroxylation sites is 1. The van der Waals surface area contributed by atoms with Crippen LogP contribution in [-0.4, -0.2) is 17.3 Å². The third-order valence-electron chi connectivity index (χ3n) is 2.90. The Morgan fingerprint density at radius 1 is 1.17 bits per heavy atom. The normalized spacial score (nSPS) is 10.8. The molecular formula is C14H11ClN2O. The second-order valence-electron chi connectivity index (χ2n) is 3.97. The summed E-state index contributed by atoms with van der Waals surface area (Å²) in [5.41, 5.74) is 2.88. The molecule has 3 nitrogen and oxygen atoms in total. The third kappa shape index (κ3) is 1.73. The molecule has 0 bridgehead atoms. The molecule has 0 fully saturated rings. The fourth-order valence-corrected chi connectivity index (χ4v) is 2.25. The van der Waals surface area contributed by atoms with Crippen LogP contribution in [0.25, 0.3) is 22.2 Å². The van der Waals surface area contributed by atoms with Crippen molar-refractivity contribution in [2.24, 2.45) is 0 Å². The van der Waals surface area contributed by atoms with E-state index in [4.69, 9.17) is 16.3 Å². The largest absolute Gasteiger partial charge is 0.495 e. The Morgan fingerprint density at radius 2 is 2.00 bits per heavy atom. The number of halogens is 1. The Bertz CT molecular complexity index is 706. The molecular weight excluding hydrogens is 248 g/mol. The van der Waals surface area contributed by atoms with Crippen LogP contribution in [0.2, 0.25) is 5.02 Å². The van der Waals surface area contributed by atoms with Gasteiger partial charge in [-0.15, -0.1) is 0 Å². The summed E-state index contributed by atoms with van der Waals surface area (Å²) in [5.74, 6) is 0.667. The van der Waals surface area contributed by atoms with E-state index in [0.717, 1.165) is 22.2 Å². The van der Waals surface area contributed by atoms with Crippen molar-refractivity contribution in [1.82, 2.24) is 10.2 Å². The lowest BCUT2D eigenvalue weighted by molar-refractivity contribution is 0.415. The first-order valence-corrected chi connectivity index (χ1v) is 5.94. The van der Waals surface area contributed by atoms with Crippen LogP contribution in [0.4, 0.5) is 0 Å². The first kappa shape index (κ1) is 11.1. The molecule has 0 radical (unpaired) electrons. The van der Waals surface area contributed by atoms with Crippen LogP contribution in [-0.2, 0) is 0 Å². The highest BCUT2D eigenvalue weighted by Gasteiger charge is 2.09. The number of nitrogens with one attached hydrogen (secondary N) is 1. The van der Waals surface area contributed by atoms with Gasteiger partial charge in [0.15, 0.2) is 0 Å². The van der Waals surface area contributed by atoms with Gasteiger partial charge in [0.2, 0.25) is 0 Å². The number of aromatic amines is 1. The first-order valence-electron chi connectivity index (χ1n) is 5.56. The van der Waals surface area contributed by atoms with E-state index in [1.165, 1.54) is 0 Å². The minimum atomic E-state index is 0.585. The maximum absolute atomic E-state index is 6.13. The smallest absolute Gasteiger partial charge is 0.137 e. The number of hydrogen-bond acceptors (Lipinski definition) is 2. The van der Waals surface area contributed by atoms with E-state index in [-0.39, 0.29) is 0 Å². The van der Waals surface area contributed by atoms with Crippen LogP contribution in [0.15, 0.2) is 42.5 Å². The van der Waals surface area contributed by atoms with Gasteiger partial charge < -0.3 is 4.74 Å². The molecule has 0 saturated heterocycles. The highest BCUT2D eigenvalue weighted by molar-refractivity contribution is 6.32. The van der Waals surface area contributed by atoms with Crippen molar-refractivity contribution in [1.29, 1.82) is 0 Å². The zero-order valence-corrected chi connectivity index (χ0v) is 10.5. The maximum atomic E-state index is 6.13. The van der Waals surface area contributed by atoms with E-state index in [2.05, 4.69) is 10.2 Å².